The molecular weight excluding hydrogens is 193 g/mol. The minimum Gasteiger partial charge on any atom is -0.465 e. The van der Waals surface area contributed by atoms with Gasteiger partial charge in [0.2, 0.25) is 0 Å². The summed E-state index contributed by atoms with van der Waals surface area (Å²) in [6.07, 6.45) is 0. The van der Waals surface area contributed by atoms with E-state index in [-0.39, 0.29) is 13.5 Å². The highest BCUT2D eigenvalue weighted by molar-refractivity contribution is 6.45. The van der Waals surface area contributed by atoms with Gasteiger partial charge >= 0.3 is 13.5 Å². The van der Waals surface area contributed by atoms with E-state index < -0.39 is 0 Å². The maximum Gasteiger partial charge on any atom is 0.338 e. The van der Waals surface area contributed by atoms with E-state index in [1.807, 2.05) is 6.07 Å². The van der Waals surface area contributed by atoms with E-state index in [0.29, 0.717) is 11.2 Å². The average molecular weight is 203 g/mol. The molecule has 0 bridgehead atoms. The summed E-state index contributed by atoms with van der Waals surface area (Å²) in [4.78, 5) is 14.4. The summed E-state index contributed by atoms with van der Waals surface area (Å²) in [5.41, 5.74) is 2.01. The van der Waals surface area contributed by atoms with Crippen LogP contribution in [0.2, 0.25) is 0 Å². The highest BCUT2D eigenvalue weighted by Crippen LogP contribution is 2.16. The molecule has 0 fully saturated rings. The van der Waals surface area contributed by atoms with Crippen molar-refractivity contribution in [2.75, 3.05) is 7.11 Å². The minimum absolute atomic E-state index is 0.0741. The van der Waals surface area contributed by atoms with Crippen LogP contribution in [0.15, 0.2) is 24.3 Å². The van der Waals surface area contributed by atoms with Crippen molar-refractivity contribution in [3.05, 3.63) is 29.8 Å². The number of carbonyl (C=O) groups is 1. The van der Waals surface area contributed by atoms with Gasteiger partial charge in [0, 0.05) is 16.5 Å². The Labute approximate surface area is 87.1 Å². The van der Waals surface area contributed by atoms with Crippen molar-refractivity contribution in [3.63, 3.8) is 0 Å². The number of aromatic amines is 1. The number of methoxy groups -OCH3 is 1. The smallest absolute Gasteiger partial charge is 0.338 e. The SMILES string of the molecule is COC(=O)c1cccc2[nH]c(BO)cc12. The fraction of sp³-hybridized carbons (Fsp3) is 0.100. The second-order valence-corrected chi connectivity index (χ2v) is 3.21. The van der Waals surface area contributed by atoms with Gasteiger partial charge in [-0.05, 0) is 18.2 Å². The number of rotatable bonds is 2. The summed E-state index contributed by atoms with van der Waals surface area (Å²) in [5, 5.41) is 9.75. The van der Waals surface area contributed by atoms with Gasteiger partial charge in [0.05, 0.1) is 12.7 Å². The number of esters is 1. The van der Waals surface area contributed by atoms with Crippen LogP contribution >= 0.6 is 0 Å². The highest BCUT2D eigenvalue weighted by Gasteiger charge is 2.11. The average Bonchev–Trinajstić information content (AvgIpc) is 2.70. The fourth-order valence-corrected chi connectivity index (χ4v) is 1.59. The Hall–Kier alpha value is -1.75. The lowest BCUT2D eigenvalue weighted by atomic mass is 9.96. The number of benzene rings is 1. The molecule has 76 valence electrons. The predicted molar refractivity (Wildman–Crippen MR) is 58.6 cm³/mol. The molecule has 0 spiro atoms. The van der Waals surface area contributed by atoms with E-state index in [0.717, 1.165) is 10.9 Å². The molecular formula is C10H10BNO3. The van der Waals surface area contributed by atoms with Crippen LogP contribution in [0.1, 0.15) is 10.4 Å². The van der Waals surface area contributed by atoms with Crippen molar-refractivity contribution in [2.45, 2.75) is 0 Å². The molecule has 1 aromatic carbocycles. The topological polar surface area (TPSA) is 62.3 Å². The van der Waals surface area contributed by atoms with E-state index in [1.165, 1.54) is 7.11 Å². The highest BCUT2D eigenvalue weighted by atomic mass is 16.5. The van der Waals surface area contributed by atoms with E-state index in [2.05, 4.69) is 9.72 Å². The molecule has 2 N–H and O–H groups in total. The molecule has 0 amide bonds. The molecule has 5 heteroatoms. The molecule has 0 saturated carbocycles. The van der Waals surface area contributed by atoms with Gasteiger partial charge in [0.1, 0.15) is 0 Å². The predicted octanol–water partition coefficient (Wildman–Crippen LogP) is -0.0764. The molecule has 2 aromatic rings. The Bertz CT molecular complexity index is 506. The molecule has 1 aromatic heterocycles. The van der Waals surface area contributed by atoms with Gasteiger partial charge in [-0.2, -0.15) is 0 Å². The molecule has 0 atom stereocenters. The number of hydrogen-bond donors (Lipinski definition) is 2. The number of H-pyrrole nitrogens is 1. The number of fused-ring (bicyclic) bond motifs is 1. The Morgan fingerprint density at radius 3 is 3.00 bits per heavy atom. The van der Waals surface area contributed by atoms with Crippen molar-refractivity contribution < 1.29 is 14.6 Å². The lowest BCUT2D eigenvalue weighted by Gasteiger charge is -1.99. The summed E-state index contributed by atoms with van der Waals surface area (Å²) in [6.45, 7) is 0. The van der Waals surface area contributed by atoms with Crippen molar-refractivity contribution in [2.24, 2.45) is 0 Å². The summed E-state index contributed by atoms with van der Waals surface area (Å²) in [5.74, 6) is -0.371. The van der Waals surface area contributed by atoms with Crippen molar-refractivity contribution in [1.29, 1.82) is 0 Å². The maximum atomic E-state index is 11.4. The fourth-order valence-electron chi connectivity index (χ4n) is 1.59. The molecule has 0 unspecified atom stereocenters. The second kappa shape index (κ2) is 3.78. The minimum atomic E-state index is -0.371. The van der Waals surface area contributed by atoms with Crippen LogP contribution in [0.5, 0.6) is 0 Å². The zero-order valence-corrected chi connectivity index (χ0v) is 8.28. The molecule has 0 aliphatic rings. The molecule has 2 rings (SSSR count). The molecule has 1 heterocycles. The molecule has 4 nitrogen and oxygen atoms in total. The number of ether oxygens (including phenoxy) is 1. The third kappa shape index (κ3) is 1.61. The number of nitrogens with one attached hydrogen (secondary N) is 1. The summed E-state index contributed by atoms with van der Waals surface area (Å²) in [7, 11) is 1.27. The van der Waals surface area contributed by atoms with Crippen LogP contribution in [-0.2, 0) is 4.74 Å². The van der Waals surface area contributed by atoms with Gasteiger partial charge in [0.25, 0.3) is 0 Å². The van der Waals surface area contributed by atoms with Crippen LogP contribution in [-0.4, -0.2) is 30.6 Å². The van der Waals surface area contributed by atoms with Gasteiger partial charge in [0.15, 0.2) is 0 Å². The van der Waals surface area contributed by atoms with Gasteiger partial charge < -0.3 is 14.7 Å². The number of carbonyl (C=O) groups excluding carboxylic acids is 1. The van der Waals surface area contributed by atoms with E-state index >= 15 is 0 Å². The largest absolute Gasteiger partial charge is 0.465 e. The Kier molecular flexibility index (Phi) is 2.47. The lowest BCUT2D eigenvalue weighted by molar-refractivity contribution is 0.0603. The molecule has 15 heavy (non-hydrogen) atoms. The Morgan fingerprint density at radius 1 is 1.53 bits per heavy atom. The normalized spacial score (nSPS) is 10.3. The van der Waals surface area contributed by atoms with E-state index in [4.69, 9.17) is 5.02 Å². The molecule has 0 saturated heterocycles. The van der Waals surface area contributed by atoms with E-state index in [9.17, 15) is 4.79 Å². The van der Waals surface area contributed by atoms with Crippen LogP contribution in [0.3, 0.4) is 0 Å². The van der Waals surface area contributed by atoms with Gasteiger partial charge in [-0.3, -0.25) is 0 Å². The Balaban J connectivity index is 2.64. The van der Waals surface area contributed by atoms with Crippen LogP contribution in [0.4, 0.5) is 0 Å². The van der Waals surface area contributed by atoms with Gasteiger partial charge in [-0.15, -0.1) is 0 Å². The molecule has 0 aliphatic heterocycles. The standard InChI is InChI=1S/C10H10BNO3/c1-15-10(13)6-3-2-4-8-7(6)5-9(11-14)12-8/h2-5,11-12,14H,1H3. The number of aromatic nitrogens is 1. The van der Waals surface area contributed by atoms with Crippen molar-refractivity contribution in [1.82, 2.24) is 4.98 Å². The first-order valence-corrected chi connectivity index (χ1v) is 4.56. The first-order valence-electron chi connectivity index (χ1n) is 4.56. The third-order valence-corrected chi connectivity index (χ3v) is 2.30. The monoisotopic (exact) mass is 203 g/mol. The van der Waals surface area contributed by atoms with Crippen LogP contribution in [0.25, 0.3) is 10.9 Å². The zero-order valence-electron chi connectivity index (χ0n) is 8.28. The van der Waals surface area contributed by atoms with E-state index in [1.54, 1.807) is 18.2 Å². The third-order valence-electron chi connectivity index (χ3n) is 2.30. The quantitative estimate of drug-likeness (QED) is 0.530. The first-order chi connectivity index (χ1) is 7.26. The lowest BCUT2D eigenvalue weighted by Crippen LogP contribution is -2.13. The van der Waals surface area contributed by atoms with Crippen molar-refractivity contribution in [3.8, 4) is 0 Å². The maximum absolute atomic E-state index is 11.4. The summed E-state index contributed by atoms with van der Waals surface area (Å²) in [6, 6.07) is 7.07. The zero-order chi connectivity index (χ0) is 10.8. The first kappa shape index (κ1) is 9.80. The summed E-state index contributed by atoms with van der Waals surface area (Å²) >= 11 is 0. The van der Waals surface area contributed by atoms with Gasteiger partial charge in [-0.1, -0.05) is 6.07 Å². The molecule has 0 aliphatic carbocycles. The van der Waals surface area contributed by atoms with Gasteiger partial charge in [-0.25, -0.2) is 4.79 Å². The van der Waals surface area contributed by atoms with Crippen LogP contribution < -0.4 is 5.59 Å². The second-order valence-electron chi connectivity index (χ2n) is 3.21. The van der Waals surface area contributed by atoms with Crippen molar-refractivity contribution >= 4 is 29.9 Å². The Morgan fingerprint density at radius 2 is 2.33 bits per heavy atom. The van der Waals surface area contributed by atoms with Crippen LogP contribution in [0, 0.1) is 0 Å². The molecule has 0 radical (unpaired) electrons. The summed E-state index contributed by atoms with van der Waals surface area (Å²) < 4.78 is 4.67. The number of hydrogen-bond acceptors (Lipinski definition) is 3.